The summed E-state index contributed by atoms with van der Waals surface area (Å²) in [6, 6.07) is 10.1. The van der Waals surface area contributed by atoms with Crippen molar-refractivity contribution in [2.24, 2.45) is 0 Å². The van der Waals surface area contributed by atoms with E-state index < -0.39 is 0 Å². The highest BCUT2D eigenvalue weighted by atomic mass is 32.2. The van der Waals surface area contributed by atoms with Crippen molar-refractivity contribution in [3.63, 3.8) is 0 Å². The molecule has 0 radical (unpaired) electrons. The number of ketones is 1. The SMILES string of the molecule is O=C1Cc2ccccc2Sc2sccc21. The van der Waals surface area contributed by atoms with Crippen LogP contribution in [0.25, 0.3) is 0 Å². The largest absolute Gasteiger partial charge is 0.294 e. The van der Waals surface area contributed by atoms with Gasteiger partial charge in [0.1, 0.15) is 0 Å². The van der Waals surface area contributed by atoms with E-state index in [9.17, 15) is 4.79 Å². The highest BCUT2D eigenvalue weighted by Gasteiger charge is 2.20. The number of carbonyl (C=O) groups is 1. The Morgan fingerprint density at radius 1 is 1.13 bits per heavy atom. The molecule has 0 spiro atoms. The summed E-state index contributed by atoms with van der Waals surface area (Å²) in [5, 5.41) is 1.99. The van der Waals surface area contributed by atoms with Crippen LogP contribution in [-0.4, -0.2) is 5.78 Å². The fourth-order valence-corrected chi connectivity index (χ4v) is 3.87. The van der Waals surface area contributed by atoms with E-state index in [0.717, 1.165) is 15.3 Å². The maximum absolute atomic E-state index is 11.9. The summed E-state index contributed by atoms with van der Waals surface area (Å²) >= 11 is 3.36. The molecule has 3 rings (SSSR count). The predicted octanol–water partition coefficient (Wildman–Crippen LogP) is 3.64. The van der Waals surface area contributed by atoms with E-state index in [1.165, 1.54) is 4.90 Å². The normalized spacial score (nSPS) is 14.3. The molecule has 1 aliphatic rings. The Kier molecular flexibility index (Phi) is 2.15. The molecule has 0 saturated carbocycles. The average molecular weight is 232 g/mol. The standard InChI is InChI=1S/C12H8OS2/c13-10-7-8-3-1-2-4-11(8)15-12-9(10)5-6-14-12/h1-6H,7H2. The van der Waals surface area contributed by atoms with Crippen LogP contribution in [-0.2, 0) is 6.42 Å². The Morgan fingerprint density at radius 3 is 2.93 bits per heavy atom. The molecule has 0 unspecified atom stereocenters. The maximum atomic E-state index is 11.9. The van der Waals surface area contributed by atoms with Gasteiger partial charge in [0.25, 0.3) is 0 Å². The minimum Gasteiger partial charge on any atom is -0.294 e. The zero-order valence-electron chi connectivity index (χ0n) is 7.90. The third-order valence-corrected chi connectivity index (χ3v) is 4.72. The number of carbonyl (C=O) groups excluding carboxylic acids is 1. The van der Waals surface area contributed by atoms with Gasteiger partial charge >= 0.3 is 0 Å². The Balaban J connectivity index is 2.18. The Hall–Kier alpha value is -1.06. The van der Waals surface area contributed by atoms with Gasteiger partial charge in [0.2, 0.25) is 0 Å². The minimum atomic E-state index is 0.240. The first-order chi connectivity index (χ1) is 7.34. The Bertz CT molecular complexity index is 528. The van der Waals surface area contributed by atoms with E-state index >= 15 is 0 Å². The molecule has 74 valence electrons. The van der Waals surface area contributed by atoms with Gasteiger partial charge in [-0.3, -0.25) is 4.79 Å². The summed E-state index contributed by atoms with van der Waals surface area (Å²) in [5.74, 6) is 0.240. The topological polar surface area (TPSA) is 17.1 Å². The van der Waals surface area contributed by atoms with Gasteiger partial charge in [0, 0.05) is 16.9 Å². The molecule has 0 fully saturated rings. The predicted molar refractivity (Wildman–Crippen MR) is 62.9 cm³/mol. The molecule has 2 aromatic rings. The lowest BCUT2D eigenvalue weighted by Gasteiger charge is -2.01. The highest BCUT2D eigenvalue weighted by molar-refractivity contribution is 8.01. The van der Waals surface area contributed by atoms with Gasteiger partial charge in [-0.25, -0.2) is 0 Å². The monoisotopic (exact) mass is 232 g/mol. The molecule has 0 N–H and O–H groups in total. The van der Waals surface area contributed by atoms with Crippen molar-refractivity contribution in [3.8, 4) is 0 Å². The lowest BCUT2D eigenvalue weighted by atomic mass is 10.1. The average Bonchev–Trinajstić information content (AvgIpc) is 2.64. The molecular weight excluding hydrogens is 224 g/mol. The van der Waals surface area contributed by atoms with Gasteiger partial charge in [0.05, 0.1) is 4.21 Å². The van der Waals surface area contributed by atoms with Crippen molar-refractivity contribution in [2.75, 3.05) is 0 Å². The fourth-order valence-electron chi connectivity index (χ4n) is 1.70. The van der Waals surface area contributed by atoms with Crippen molar-refractivity contribution in [2.45, 2.75) is 15.5 Å². The van der Waals surface area contributed by atoms with Crippen LogP contribution >= 0.6 is 23.1 Å². The summed E-state index contributed by atoms with van der Waals surface area (Å²) in [5.41, 5.74) is 2.04. The number of hydrogen-bond acceptors (Lipinski definition) is 3. The third kappa shape index (κ3) is 1.52. The number of Topliss-reactive ketones (excluding diaryl/α,β-unsaturated/α-hetero) is 1. The molecule has 0 saturated heterocycles. The Labute approximate surface area is 96.1 Å². The molecule has 1 nitrogen and oxygen atoms in total. The van der Waals surface area contributed by atoms with Gasteiger partial charge in [-0.1, -0.05) is 30.0 Å². The summed E-state index contributed by atoms with van der Waals surface area (Å²) in [7, 11) is 0. The molecule has 1 aromatic heterocycles. The van der Waals surface area contributed by atoms with Crippen LogP contribution in [0.15, 0.2) is 44.8 Å². The van der Waals surface area contributed by atoms with Gasteiger partial charge in [-0.15, -0.1) is 11.3 Å². The minimum absolute atomic E-state index is 0.240. The van der Waals surface area contributed by atoms with Gasteiger partial charge in [-0.2, -0.15) is 0 Å². The van der Waals surface area contributed by atoms with E-state index in [4.69, 9.17) is 0 Å². The first-order valence-electron chi connectivity index (χ1n) is 4.71. The molecule has 2 heterocycles. The molecular formula is C12H8OS2. The van der Waals surface area contributed by atoms with E-state index in [-0.39, 0.29) is 5.78 Å². The lowest BCUT2D eigenvalue weighted by Crippen LogP contribution is -2.01. The quantitative estimate of drug-likeness (QED) is 0.690. The second kappa shape index (κ2) is 3.51. The van der Waals surface area contributed by atoms with Crippen LogP contribution in [0.4, 0.5) is 0 Å². The summed E-state index contributed by atoms with van der Waals surface area (Å²) in [6.45, 7) is 0. The van der Waals surface area contributed by atoms with Gasteiger partial charge in [0.15, 0.2) is 5.78 Å². The van der Waals surface area contributed by atoms with Crippen LogP contribution in [0.3, 0.4) is 0 Å². The smallest absolute Gasteiger partial charge is 0.169 e. The number of hydrogen-bond donors (Lipinski definition) is 0. The molecule has 0 bridgehead atoms. The number of fused-ring (bicyclic) bond motifs is 2. The zero-order chi connectivity index (χ0) is 10.3. The van der Waals surface area contributed by atoms with Crippen LogP contribution in [0.1, 0.15) is 15.9 Å². The summed E-state index contributed by atoms with van der Waals surface area (Å²) in [4.78, 5) is 13.1. The highest BCUT2D eigenvalue weighted by Crippen LogP contribution is 2.39. The number of rotatable bonds is 0. The number of thiophene rings is 1. The van der Waals surface area contributed by atoms with Crippen molar-refractivity contribution in [1.82, 2.24) is 0 Å². The summed E-state index contributed by atoms with van der Waals surface area (Å²) in [6.07, 6.45) is 0.535. The summed E-state index contributed by atoms with van der Waals surface area (Å²) < 4.78 is 1.13. The fraction of sp³-hybridized carbons (Fsp3) is 0.0833. The maximum Gasteiger partial charge on any atom is 0.169 e. The van der Waals surface area contributed by atoms with E-state index in [2.05, 4.69) is 6.07 Å². The zero-order valence-corrected chi connectivity index (χ0v) is 9.53. The second-order valence-electron chi connectivity index (χ2n) is 3.43. The number of benzene rings is 1. The van der Waals surface area contributed by atoms with Crippen molar-refractivity contribution >= 4 is 28.9 Å². The first-order valence-corrected chi connectivity index (χ1v) is 6.40. The Morgan fingerprint density at radius 2 is 2.00 bits per heavy atom. The van der Waals surface area contributed by atoms with Crippen molar-refractivity contribution in [1.29, 1.82) is 0 Å². The van der Waals surface area contributed by atoms with E-state index in [0.29, 0.717) is 6.42 Å². The third-order valence-electron chi connectivity index (χ3n) is 2.46. The molecule has 0 amide bonds. The van der Waals surface area contributed by atoms with Crippen LogP contribution < -0.4 is 0 Å². The van der Waals surface area contributed by atoms with E-state index in [1.54, 1.807) is 23.1 Å². The van der Waals surface area contributed by atoms with Crippen LogP contribution in [0.5, 0.6) is 0 Å². The second-order valence-corrected chi connectivity index (χ2v) is 5.66. The lowest BCUT2D eigenvalue weighted by molar-refractivity contribution is 0.0991. The van der Waals surface area contributed by atoms with E-state index in [1.807, 2.05) is 29.6 Å². The molecule has 1 aromatic carbocycles. The first kappa shape index (κ1) is 9.19. The van der Waals surface area contributed by atoms with Crippen LogP contribution in [0.2, 0.25) is 0 Å². The molecule has 15 heavy (non-hydrogen) atoms. The molecule has 0 aliphatic carbocycles. The molecule has 0 atom stereocenters. The van der Waals surface area contributed by atoms with Crippen molar-refractivity contribution < 1.29 is 4.79 Å². The molecule has 3 heteroatoms. The van der Waals surface area contributed by atoms with Crippen molar-refractivity contribution in [3.05, 3.63) is 46.8 Å². The van der Waals surface area contributed by atoms with Gasteiger partial charge < -0.3 is 0 Å². The van der Waals surface area contributed by atoms with Gasteiger partial charge in [-0.05, 0) is 23.1 Å². The molecule has 1 aliphatic heterocycles. The van der Waals surface area contributed by atoms with Crippen LogP contribution in [0, 0.1) is 0 Å².